The summed E-state index contributed by atoms with van der Waals surface area (Å²) in [6.45, 7) is 2.43. The fourth-order valence-electron chi connectivity index (χ4n) is 2.09. The highest BCUT2D eigenvalue weighted by molar-refractivity contribution is 5.96. The van der Waals surface area contributed by atoms with Gasteiger partial charge in [-0.2, -0.15) is 0 Å². The molecular weight excluding hydrogens is 216 g/mol. The van der Waals surface area contributed by atoms with Gasteiger partial charge in [0.2, 0.25) is 0 Å². The molecule has 1 aliphatic rings. The van der Waals surface area contributed by atoms with E-state index in [1.807, 2.05) is 0 Å². The number of hydrogen-bond acceptors (Lipinski definition) is 6. The van der Waals surface area contributed by atoms with Gasteiger partial charge in [-0.05, 0) is 0 Å². The van der Waals surface area contributed by atoms with E-state index >= 15 is 0 Å². The summed E-state index contributed by atoms with van der Waals surface area (Å²) in [5.41, 5.74) is -2.03. The average Bonchev–Trinajstić information content (AvgIpc) is 2.32. The fourth-order valence-corrected chi connectivity index (χ4v) is 2.09. The van der Waals surface area contributed by atoms with Crippen molar-refractivity contribution in [2.75, 3.05) is 6.61 Å². The number of aliphatic hydroxyl groups excluding tert-OH is 4. The quantitative estimate of drug-likeness (QED) is 0.371. The lowest BCUT2D eigenvalue weighted by molar-refractivity contribution is -0.218. The van der Waals surface area contributed by atoms with E-state index in [1.165, 1.54) is 0 Å². The van der Waals surface area contributed by atoms with Crippen molar-refractivity contribution in [3.8, 4) is 0 Å². The highest BCUT2D eigenvalue weighted by Crippen LogP contribution is 2.43. The van der Waals surface area contributed by atoms with Gasteiger partial charge in [-0.25, -0.2) is 0 Å². The maximum Gasteiger partial charge on any atom is 0.170 e. The van der Waals surface area contributed by atoms with Crippen molar-refractivity contribution in [1.29, 1.82) is 0 Å². The van der Waals surface area contributed by atoms with Crippen molar-refractivity contribution in [2.45, 2.75) is 37.8 Å². The Kier molecular flexibility index (Phi) is 3.71. The van der Waals surface area contributed by atoms with Crippen molar-refractivity contribution >= 4 is 5.78 Å². The third-order valence-corrected chi connectivity index (χ3v) is 3.61. The molecule has 6 heteroatoms. The Balaban J connectivity index is 2.81. The van der Waals surface area contributed by atoms with Crippen LogP contribution in [0.2, 0.25) is 0 Å². The molecule has 2 unspecified atom stereocenters. The van der Waals surface area contributed by atoms with Crippen LogP contribution in [-0.4, -0.2) is 61.8 Å². The SMILES string of the molecule is CC1C(=O)[C@](O)([C@@H](O)[C@H](O)[C@H](O)CO)C1C. The lowest BCUT2D eigenvalue weighted by Gasteiger charge is -2.50. The predicted octanol–water partition coefficient (Wildman–Crippen LogP) is -2.35. The van der Waals surface area contributed by atoms with Gasteiger partial charge in [-0.3, -0.25) is 4.79 Å². The summed E-state index contributed by atoms with van der Waals surface area (Å²) in [7, 11) is 0. The summed E-state index contributed by atoms with van der Waals surface area (Å²) >= 11 is 0. The fraction of sp³-hybridized carbons (Fsp3) is 0.900. The summed E-state index contributed by atoms with van der Waals surface area (Å²) in [5.74, 6) is -1.45. The highest BCUT2D eigenvalue weighted by atomic mass is 16.4. The average molecular weight is 234 g/mol. The van der Waals surface area contributed by atoms with Gasteiger partial charge in [0, 0.05) is 11.8 Å². The van der Waals surface area contributed by atoms with Crippen molar-refractivity contribution in [3.05, 3.63) is 0 Å². The molecule has 0 saturated heterocycles. The van der Waals surface area contributed by atoms with E-state index in [4.69, 9.17) is 10.2 Å². The molecule has 0 aromatic heterocycles. The normalized spacial score (nSPS) is 40.1. The first-order valence-corrected chi connectivity index (χ1v) is 5.20. The van der Waals surface area contributed by atoms with Crippen LogP contribution in [-0.2, 0) is 4.79 Å². The van der Waals surface area contributed by atoms with Crippen LogP contribution in [0.5, 0.6) is 0 Å². The van der Waals surface area contributed by atoms with E-state index in [1.54, 1.807) is 13.8 Å². The molecule has 1 saturated carbocycles. The first-order chi connectivity index (χ1) is 7.28. The lowest BCUT2D eigenvalue weighted by Crippen LogP contribution is -2.71. The van der Waals surface area contributed by atoms with Crippen molar-refractivity contribution in [3.63, 3.8) is 0 Å². The molecule has 1 rings (SSSR count). The summed E-state index contributed by atoms with van der Waals surface area (Å²) in [6, 6.07) is 0. The molecule has 0 radical (unpaired) electrons. The maximum atomic E-state index is 11.5. The van der Waals surface area contributed by atoms with Gasteiger partial charge in [0.05, 0.1) is 6.61 Å². The molecule has 6 nitrogen and oxygen atoms in total. The van der Waals surface area contributed by atoms with E-state index in [9.17, 15) is 20.1 Å². The first kappa shape index (κ1) is 13.5. The third-order valence-electron chi connectivity index (χ3n) is 3.61. The van der Waals surface area contributed by atoms with Gasteiger partial charge < -0.3 is 25.5 Å². The summed E-state index contributed by atoms with van der Waals surface area (Å²) in [6.07, 6.45) is -5.14. The minimum absolute atomic E-state index is 0.391. The number of hydrogen-bond donors (Lipinski definition) is 5. The van der Waals surface area contributed by atoms with E-state index in [0.29, 0.717) is 0 Å². The van der Waals surface area contributed by atoms with Gasteiger partial charge in [0.15, 0.2) is 11.4 Å². The Hall–Kier alpha value is -0.530. The van der Waals surface area contributed by atoms with E-state index in [-0.39, 0.29) is 0 Å². The van der Waals surface area contributed by atoms with Crippen molar-refractivity contribution in [1.82, 2.24) is 0 Å². The monoisotopic (exact) mass is 234 g/mol. The van der Waals surface area contributed by atoms with Crippen LogP contribution in [0.3, 0.4) is 0 Å². The molecule has 1 fully saturated rings. The second-order valence-electron chi connectivity index (χ2n) is 4.45. The zero-order valence-electron chi connectivity index (χ0n) is 9.24. The molecule has 0 aromatic rings. The van der Waals surface area contributed by atoms with Crippen LogP contribution in [0, 0.1) is 11.8 Å². The summed E-state index contributed by atoms with van der Waals surface area (Å²) in [5, 5.41) is 46.8. The van der Waals surface area contributed by atoms with Crippen LogP contribution in [0.4, 0.5) is 0 Å². The Morgan fingerprint density at radius 1 is 1.31 bits per heavy atom. The molecule has 94 valence electrons. The Morgan fingerprint density at radius 3 is 2.19 bits per heavy atom. The second-order valence-corrected chi connectivity index (χ2v) is 4.45. The highest BCUT2D eigenvalue weighted by Gasteiger charge is 2.62. The molecule has 0 spiro atoms. The summed E-state index contributed by atoms with van der Waals surface area (Å²) < 4.78 is 0. The topological polar surface area (TPSA) is 118 Å². The first-order valence-electron chi connectivity index (χ1n) is 5.20. The van der Waals surface area contributed by atoms with E-state index < -0.39 is 48.1 Å². The predicted molar refractivity (Wildman–Crippen MR) is 53.4 cm³/mol. The molecule has 0 heterocycles. The second kappa shape index (κ2) is 4.38. The number of carbonyl (C=O) groups is 1. The molecule has 0 amide bonds. The van der Waals surface area contributed by atoms with E-state index in [2.05, 4.69) is 0 Å². The molecule has 0 aliphatic heterocycles. The van der Waals surface area contributed by atoms with Crippen LogP contribution in [0.1, 0.15) is 13.8 Å². The Labute approximate surface area is 93.2 Å². The molecule has 0 aromatic carbocycles. The third kappa shape index (κ3) is 1.66. The molecule has 16 heavy (non-hydrogen) atoms. The van der Waals surface area contributed by atoms with E-state index in [0.717, 1.165) is 0 Å². The van der Waals surface area contributed by atoms with Gasteiger partial charge in [-0.15, -0.1) is 0 Å². The zero-order chi connectivity index (χ0) is 12.7. The van der Waals surface area contributed by atoms with Gasteiger partial charge in [-0.1, -0.05) is 13.8 Å². The minimum Gasteiger partial charge on any atom is -0.394 e. The maximum absolute atomic E-state index is 11.5. The Bertz CT molecular complexity index is 280. The molecular formula is C10H18O6. The smallest absolute Gasteiger partial charge is 0.170 e. The van der Waals surface area contributed by atoms with Crippen LogP contribution in [0.15, 0.2) is 0 Å². The summed E-state index contributed by atoms with van der Waals surface area (Å²) in [4.78, 5) is 11.5. The number of carbonyl (C=O) groups excluding carboxylic acids is 1. The van der Waals surface area contributed by atoms with Gasteiger partial charge in [0.25, 0.3) is 0 Å². The van der Waals surface area contributed by atoms with Crippen LogP contribution >= 0.6 is 0 Å². The standard InChI is InChI=1S/C10H18O6/c1-4-5(2)10(16,8(4)14)9(15)7(13)6(12)3-11/h4-7,9,11-13,15-16H,3H2,1-2H3/t4?,5?,6-,7-,9+,10+/m1/s1. The number of ketones is 1. The van der Waals surface area contributed by atoms with Gasteiger partial charge >= 0.3 is 0 Å². The Morgan fingerprint density at radius 2 is 1.81 bits per heavy atom. The number of Topliss-reactive ketones (excluding diaryl/α,β-unsaturated/α-hetero) is 1. The molecule has 0 bridgehead atoms. The van der Waals surface area contributed by atoms with Crippen LogP contribution < -0.4 is 0 Å². The van der Waals surface area contributed by atoms with Gasteiger partial charge in [0.1, 0.15) is 18.3 Å². The molecule has 6 atom stereocenters. The number of rotatable bonds is 4. The molecule has 1 aliphatic carbocycles. The largest absolute Gasteiger partial charge is 0.394 e. The molecule has 5 N–H and O–H groups in total. The number of aliphatic hydroxyl groups is 5. The van der Waals surface area contributed by atoms with Crippen LogP contribution in [0.25, 0.3) is 0 Å². The lowest BCUT2D eigenvalue weighted by atomic mass is 9.58. The zero-order valence-corrected chi connectivity index (χ0v) is 9.24. The van der Waals surface area contributed by atoms with Crippen molar-refractivity contribution < 1.29 is 30.3 Å². The minimum atomic E-state index is -2.03. The van der Waals surface area contributed by atoms with Crippen molar-refractivity contribution in [2.24, 2.45) is 11.8 Å².